The van der Waals surface area contributed by atoms with Crippen LogP contribution in [-0.2, 0) is 16.0 Å². The van der Waals surface area contributed by atoms with Gasteiger partial charge in [0.15, 0.2) is 5.13 Å². The quantitative estimate of drug-likeness (QED) is 0.633. The molecular weight excluding hydrogens is 408 g/mol. The molecule has 2 fully saturated rings. The van der Waals surface area contributed by atoms with Crippen molar-refractivity contribution in [2.75, 3.05) is 42.5 Å². The predicted octanol–water partition coefficient (Wildman–Crippen LogP) is 2.17. The Labute approximate surface area is 175 Å². The van der Waals surface area contributed by atoms with Gasteiger partial charge in [0.1, 0.15) is 17.0 Å². The van der Waals surface area contributed by atoms with E-state index in [0.717, 1.165) is 47.8 Å². The molecule has 2 amide bonds. The van der Waals surface area contributed by atoms with E-state index >= 15 is 0 Å². The van der Waals surface area contributed by atoms with E-state index in [1.807, 2.05) is 15.7 Å². The molecule has 5 heterocycles. The molecule has 8 nitrogen and oxygen atoms in total. The summed E-state index contributed by atoms with van der Waals surface area (Å²) in [6.07, 6.45) is 3.35. The molecule has 0 saturated carbocycles. The Morgan fingerprint density at radius 1 is 1.10 bits per heavy atom. The number of thiophene rings is 1. The number of carbonyl (C=O) groups excluding carboxylic acids is 2. The van der Waals surface area contributed by atoms with Crippen LogP contribution in [0.1, 0.15) is 18.5 Å². The number of thiazole rings is 1. The molecule has 2 saturated heterocycles. The lowest BCUT2D eigenvalue weighted by Crippen LogP contribution is -2.49. The average molecular weight is 429 g/mol. The largest absolute Gasteiger partial charge is 0.352 e. The van der Waals surface area contributed by atoms with Crippen molar-refractivity contribution < 1.29 is 9.59 Å². The molecule has 3 aromatic heterocycles. The zero-order chi connectivity index (χ0) is 19.8. The molecule has 29 heavy (non-hydrogen) atoms. The minimum atomic E-state index is 0.0811. The van der Waals surface area contributed by atoms with Crippen LogP contribution in [0, 0.1) is 0 Å². The molecule has 0 atom stereocenters. The number of anilines is 2. The fourth-order valence-corrected chi connectivity index (χ4v) is 5.41. The Kier molecular flexibility index (Phi) is 4.88. The Hall–Kier alpha value is -2.59. The number of nitrogens with zero attached hydrogens (tertiary/aromatic N) is 6. The highest BCUT2D eigenvalue weighted by atomic mass is 32.1. The topological polar surface area (TPSA) is 82.5 Å². The molecule has 2 aliphatic rings. The second-order valence-corrected chi connectivity index (χ2v) is 8.88. The van der Waals surface area contributed by atoms with E-state index in [0.29, 0.717) is 24.6 Å². The van der Waals surface area contributed by atoms with Crippen molar-refractivity contribution in [1.29, 1.82) is 0 Å². The first-order valence-electron chi connectivity index (χ1n) is 9.65. The first kappa shape index (κ1) is 18.4. The molecule has 10 heteroatoms. The average Bonchev–Trinajstić information content (AvgIpc) is 3.48. The highest BCUT2D eigenvalue weighted by Gasteiger charge is 2.26. The molecule has 0 aliphatic carbocycles. The van der Waals surface area contributed by atoms with Crippen LogP contribution in [0.2, 0.25) is 0 Å². The molecule has 5 rings (SSSR count). The lowest BCUT2D eigenvalue weighted by atomic mass is 10.2. The molecule has 0 radical (unpaired) electrons. The molecule has 2 aliphatic heterocycles. The van der Waals surface area contributed by atoms with Crippen molar-refractivity contribution >= 4 is 55.7 Å². The number of hydrogen-bond acceptors (Lipinski definition) is 8. The van der Waals surface area contributed by atoms with Gasteiger partial charge < -0.3 is 9.80 Å². The number of piperazine rings is 1. The third kappa shape index (κ3) is 3.58. The molecule has 0 spiro atoms. The number of aromatic nitrogens is 3. The number of amides is 2. The highest BCUT2D eigenvalue weighted by Crippen LogP contribution is 2.28. The summed E-state index contributed by atoms with van der Waals surface area (Å²) in [6, 6.07) is 2.05. The van der Waals surface area contributed by atoms with Gasteiger partial charge in [-0.25, -0.2) is 15.0 Å². The van der Waals surface area contributed by atoms with Gasteiger partial charge in [-0.3, -0.25) is 14.5 Å². The fourth-order valence-electron chi connectivity index (χ4n) is 3.82. The van der Waals surface area contributed by atoms with Crippen LogP contribution in [0.5, 0.6) is 0 Å². The van der Waals surface area contributed by atoms with E-state index in [2.05, 4.69) is 25.9 Å². The van der Waals surface area contributed by atoms with Crippen molar-refractivity contribution in [2.45, 2.75) is 19.3 Å². The molecule has 0 unspecified atom stereocenters. The summed E-state index contributed by atoms with van der Waals surface area (Å²) < 4.78 is 0. The van der Waals surface area contributed by atoms with Gasteiger partial charge in [-0.1, -0.05) is 0 Å². The number of hydrogen-bond donors (Lipinski definition) is 0. The van der Waals surface area contributed by atoms with Crippen LogP contribution >= 0.6 is 22.7 Å². The zero-order valence-electron chi connectivity index (χ0n) is 15.8. The van der Waals surface area contributed by atoms with Crippen molar-refractivity contribution in [1.82, 2.24) is 19.9 Å². The van der Waals surface area contributed by atoms with Crippen molar-refractivity contribution in [3.05, 3.63) is 28.8 Å². The maximum atomic E-state index is 12.7. The summed E-state index contributed by atoms with van der Waals surface area (Å²) in [4.78, 5) is 44.7. The first-order chi connectivity index (χ1) is 14.2. The summed E-state index contributed by atoms with van der Waals surface area (Å²) in [5.41, 5.74) is 0.743. The highest BCUT2D eigenvalue weighted by molar-refractivity contribution is 7.16. The van der Waals surface area contributed by atoms with Gasteiger partial charge in [0.2, 0.25) is 11.8 Å². The summed E-state index contributed by atoms with van der Waals surface area (Å²) in [7, 11) is 0. The Morgan fingerprint density at radius 2 is 1.97 bits per heavy atom. The lowest BCUT2D eigenvalue weighted by Gasteiger charge is -2.35. The van der Waals surface area contributed by atoms with Gasteiger partial charge in [0.25, 0.3) is 0 Å². The van der Waals surface area contributed by atoms with Gasteiger partial charge in [-0.2, -0.15) is 0 Å². The third-order valence-corrected chi connectivity index (χ3v) is 7.08. The van der Waals surface area contributed by atoms with Gasteiger partial charge in [0.05, 0.1) is 17.5 Å². The summed E-state index contributed by atoms with van der Waals surface area (Å²) >= 11 is 3.05. The van der Waals surface area contributed by atoms with E-state index in [-0.39, 0.29) is 18.2 Å². The van der Waals surface area contributed by atoms with Gasteiger partial charge in [-0.15, -0.1) is 22.7 Å². The van der Waals surface area contributed by atoms with E-state index in [1.165, 1.54) is 11.3 Å². The Balaban J connectivity index is 1.20. The van der Waals surface area contributed by atoms with Gasteiger partial charge in [0, 0.05) is 44.5 Å². The second kappa shape index (κ2) is 7.68. The Bertz CT molecular complexity index is 1060. The van der Waals surface area contributed by atoms with Gasteiger partial charge in [-0.05, 0) is 17.9 Å². The summed E-state index contributed by atoms with van der Waals surface area (Å²) in [5, 5.41) is 5.70. The van der Waals surface area contributed by atoms with Crippen LogP contribution in [0.3, 0.4) is 0 Å². The minimum absolute atomic E-state index is 0.0811. The predicted molar refractivity (Wildman–Crippen MR) is 114 cm³/mol. The molecule has 150 valence electrons. The fraction of sp³-hybridized carbons (Fsp3) is 0.421. The second-order valence-electron chi connectivity index (χ2n) is 7.15. The first-order valence-corrected chi connectivity index (χ1v) is 11.4. The van der Waals surface area contributed by atoms with E-state index < -0.39 is 0 Å². The SMILES string of the molecule is O=C(Cc1csc(N2CCCC2=O)n1)N1CCN(c2ncnc3sccc23)CC1. The van der Waals surface area contributed by atoms with Gasteiger partial charge >= 0.3 is 0 Å². The molecular formula is C19H20N6O2S2. The van der Waals surface area contributed by atoms with Crippen LogP contribution in [-0.4, -0.2) is 64.4 Å². The number of fused-ring (bicyclic) bond motifs is 1. The zero-order valence-corrected chi connectivity index (χ0v) is 17.4. The number of rotatable bonds is 4. The third-order valence-electron chi connectivity index (χ3n) is 5.35. The molecule has 0 N–H and O–H groups in total. The Morgan fingerprint density at radius 3 is 2.76 bits per heavy atom. The normalized spacial score (nSPS) is 17.5. The van der Waals surface area contributed by atoms with Crippen molar-refractivity contribution in [3.8, 4) is 0 Å². The monoisotopic (exact) mass is 428 g/mol. The maximum absolute atomic E-state index is 12.7. The van der Waals surface area contributed by atoms with E-state index in [1.54, 1.807) is 22.6 Å². The maximum Gasteiger partial charge on any atom is 0.228 e. The molecule has 3 aromatic rings. The standard InChI is InChI=1S/C19H20N6O2S2/c26-15-2-1-4-25(15)19-22-13(11-29-19)10-16(27)23-5-7-24(8-6-23)17-14-3-9-28-18(14)21-12-20-17/h3,9,11-12H,1-2,4-8,10H2. The smallest absolute Gasteiger partial charge is 0.228 e. The van der Waals surface area contributed by atoms with Crippen LogP contribution in [0.25, 0.3) is 10.2 Å². The minimum Gasteiger partial charge on any atom is -0.352 e. The van der Waals surface area contributed by atoms with Crippen LogP contribution < -0.4 is 9.80 Å². The van der Waals surface area contributed by atoms with Crippen molar-refractivity contribution in [3.63, 3.8) is 0 Å². The van der Waals surface area contributed by atoms with Crippen LogP contribution in [0.15, 0.2) is 23.2 Å². The summed E-state index contributed by atoms with van der Waals surface area (Å²) in [5.74, 6) is 1.15. The lowest BCUT2D eigenvalue weighted by molar-refractivity contribution is -0.130. The van der Waals surface area contributed by atoms with Crippen molar-refractivity contribution in [2.24, 2.45) is 0 Å². The van der Waals surface area contributed by atoms with Crippen LogP contribution in [0.4, 0.5) is 10.9 Å². The molecule has 0 aromatic carbocycles. The van der Waals surface area contributed by atoms with E-state index in [4.69, 9.17) is 0 Å². The molecule has 0 bridgehead atoms. The number of carbonyl (C=O) groups is 2. The summed E-state index contributed by atoms with van der Waals surface area (Å²) in [6.45, 7) is 3.55. The van der Waals surface area contributed by atoms with E-state index in [9.17, 15) is 9.59 Å².